The molecule has 1 amide bonds. The van der Waals surface area contributed by atoms with Gasteiger partial charge in [0.1, 0.15) is 6.04 Å². The summed E-state index contributed by atoms with van der Waals surface area (Å²) in [4.78, 5) is 14.7. The number of hydrogen-bond donors (Lipinski definition) is 3. The molecular formula is C18H27ClN4O. The van der Waals surface area contributed by atoms with E-state index in [-0.39, 0.29) is 11.9 Å². The number of piperidine rings is 1. The van der Waals surface area contributed by atoms with Gasteiger partial charge in [0.15, 0.2) is 0 Å². The molecule has 2 atom stereocenters. The van der Waals surface area contributed by atoms with E-state index in [9.17, 15) is 4.79 Å². The van der Waals surface area contributed by atoms with Crippen molar-refractivity contribution in [1.29, 1.82) is 0 Å². The number of nitrogens with zero attached hydrogens (tertiary/aromatic N) is 1. The van der Waals surface area contributed by atoms with Crippen molar-refractivity contribution in [1.82, 2.24) is 10.9 Å². The van der Waals surface area contributed by atoms with Crippen LogP contribution in [0.4, 0.5) is 11.4 Å². The van der Waals surface area contributed by atoms with Crippen LogP contribution < -0.4 is 21.1 Å². The van der Waals surface area contributed by atoms with Crippen molar-refractivity contribution in [2.24, 2.45) is 0 Å². The fourth-order valence-electron chi connectivity index (χ4n) is 3.54. The first-order chi connectivity index (χ1) is 11.7. The van der Waals surface area contributed by atoms with Gasteiger partial charge < -0.3 is 10.2 Å². The molecule has 0 aliphatic carbocycles. The minimum Gasteiger partial charge on any atom is -0.370 e. The zero-order valence-electron chi connectivity index (χ0n) is 14.3. The predicted octanol–water partition coefficient (Wildman–Crippen LogP) is 3.30. The van der Waals surface area contributed by atoms with Crippen molar-refractivity contribution in [3.05, 3.63) is 23.2 Å². The third-order valence-corrected chi connectivity index (χ3v) is 5.15. The predicted molar refractivity (Wildman–Crippen MR) is 99.5 cm³/mol. The Morgan fingerprint density at radius 2 is 2.08 bits per heavy atom. The molecular weight excluding hydrogens is 324 g/mol. The summed E-state index contributed by atoms with van der Waals surface area (Å²) in [5, 5.41) is 3.68. The Morgan fingerprint density at radius 3 is 2.79 bits per heavy atom. The van der Waals surface area contributed by atoms with Crippen LogP contribution in [0.1, 0.15) is 45.4 Å². The van der Waals surface area contributed by atoms with Gasteiger partial charge in [-0.3, -0.25) is 10.2 Å². The summed E-state index contributed by atoms with van der Waals surface area (Å²) < 4.78 is 0. The molecule has 1 aromatic rings. The smallest absolute Gasteiger partial charge is 0.242 e. The highest BCUT2D eigenvalue weighted by molar-refractivity contribution is 6.33. The molecule has 2 fully saturated rings. The fourth-order valence-corrected chi connectivity index (χ4v) is 3.84. The van der Waals surface area contributed by atoms with E-state index >= 15 is 0 Å². The first-order valence-corrected chi connectivity index (χ1v) is 9.41. The molecule has 0 saturated carbocycles. The molecule has 0 radical (unpaired) electrons. The van der Waals surface area contributed by atoms with E-state index in [4.69, 9.17) is 11.6 Å². The largest absolute Gasteiger partial charge is 0.370 e. The molecule has 2 saturated heterocycles. The quantitative estimate of drug-likeness (QED) is 0.762. The molecule has 2 heterocycles. The van der Waals surface area contributed by atoms with Crippen LogP contribution in [0, 0.1) is 0 Å². The van der Waals surface area contributed by atoms with Gasteiger partial charge in [0.2, 0.25) is 5.91 Å². The number of hydrazine groups is 1. The van der Waals surface area contributed by atoms with E-state index in [1.165, 1.54) is 19.3 Å². The molecule has 5 nitrogen and oxygen atoms in total. The minimum absolute atomic E-state index is 0.0112. The Kier molecular flexibility index (Phi) is 5.98. The molecule has 3 N–H and O–H groups in total. The average molecular weight is 351 g/mol. The number of hydrogen-bond acceptors (Lipinski definition) is 4. The van der Waals surface area contributed by atoms with Crippen molar-refractivity contribution in [2.45, 2.75) is 57.5 Å². The number of halogens is 1. The zero-order chi connectivity index (χ0) is 16.9. The Hall–Kier alpha value is -1.30. The summed E-state index contributed by atoms with van der Waals surface area (Å²) in [5.41, 5.74) is 8.10. The Morgan fingerprint density at radius 1 is 1.29 bits per heavy atom. The van der Waals surface area contributed by atoms with Crippen LogP contribution in [0.3, 0.4) is 0 Å². The third-order valence-electron chi connectivity index (χ3n) is 4.85. The molecule has 3 rings (SSSR count). The van der Waals surface area contributed by atoms with Gasteiger partial charge in [0, 0.05) is 24.8 Å². The minimum atomic E-state index is -0.193. The van der Waals surface area contributed by atoms with Gasteiger partial charge in [-0.2, -0.15) is 0 Å². The maximum atomic E-state index is 12.4. The summed E-state index contributed by atoms with van der Waals surface area (Å²) in [7, 11) is 0. The summed E-state index contributed by atoms with van der Waals surface area (Å²) in [6.07, 6.45) is 6.74. The third kappa shape index (κ3) is 4.21. The van der Waals surface area contributed by atoms with Crippen LogP contribution in [0.25, 0.3) is 0 Å². The van der Waals surface area contributed by atoms with Crippen LogP contribution in [0.15, 0.2) is 18.2 Å². The molecule has 24 heavy (non-hydrogen) atoms. The Bertz CT molecular complexity index is 574. The molecule has 132 valence electrons. The van der Waals surface area contributed by atoms with Crippen molar-refractivity contribution >= 4 is 28.9 Å². The lowest BCUT2D eigenvalue weighted by Crippen LogP contribution is -2.40. The topological polar surface area (TPSA) is 56.4 Å². The number of amides is 1. The summed E-state index contributed by atoms with van der Waals surface area (Å²) >= 11 is 6.45. The van der Waals surface area contributed by atoms with E-state index in [0.717, 1.165) is 43.7 Å². The van der Waals surface area contributed by atoms with Gasteiger partial charge in [-0.15, -0.1) is 0 Å². The maximum Gasteiger partial charge on any atom is 0.242 e. The van der Waals surface area contributed by atoms with E-state index in [1.807, 2.05) is 18.2 Å². The van der Waals surface area contributed by atoms with E-state index in [2.05, 4.69) is 28.0 Å². The second-order valence-electron chi connectivity index (χ2n) is 6.77. The van der Waals surface area contributed by atoms with Crippen LogP contribution in [-0.4, -0.2) is 31.1 Å². The van der Waals surface area contributed by atoms with Crippen molar-refractivity contribution in [2.75, 3.05) is 23.3 Å². The summed E-state index contributed by atoms with van der Waals surface area (Å²) in [5.74, 6) is -0.0112. The van der Waals surface area contributed by atoms with Gasteiger partial charge in [0.25, 0.3) is 0 Å². The Balaban J connectivity index is 1.59. The number of carbonyl (C=O) groups is 1. The van der Waals surface area contributed by atoms with E-state index in [0.29, 0.717) is 11.1 Å². The Labute approximate surface area is 149 Å². The molecule has 6 heteroatoms. The van der Waals surface area contributed by atoms with Gasteiger partial charge in [-0.05, 0) is 50.3 Å². The van der Waals surface area contributed by atoms with Crippen LogP contribution in [0.2, 0.25) is 5.02 Å². The zero-order valence-corrected chi connectivity index (χ0v) is 15.0. The first kappa shape index (κ1) is 17.5. The van der Waals surface area contributed by atoms with E-state index in [1.54, 1.807) is 0 Å². The van der Waals surface area contributed by atoms with Crippen molar-refractivity contribution < 1.29 is 4.79 Å². The van der Waals surface area contributed by atoms with Crippen LogP contribution >= 0.6 is 11.6 Å². The SMILES string of the molecule is CCCC1CC(C(=O)Nc2ccc(N3CCCCC3)c(Cl)c2)NN1. The van der Waals surface area contributed by atoms with Crippen molar-refractivity contribution in [3.8, 4) is 0 Å². The molecule has 2 aliphatic rings. The monoisotopic (exact) mass is 350 g/mol. The molecule has 2 aliphatic heterocycles. The van der Waals surface area contributed by atoms with Crippen LogP contribution in [0.5, 0.6) is 0 Å². The van der Waals surface area contributed by atoms with Crippen molar-refractivity contribution in [3.63, 3.8) is 0 Å². The highest BCUT2D eigenvalue weighted by atomic mass is 35.5. The molecule has 0 aromatic heterocycles. The number of carbonyl (C=O) groups excluding carboxylic acids is 1. The van der Waals surface area contributed by atoms with Gasteiger partial charge in [0.05, 0.1) is 10.7 Å². The second-order valence-corrected chi connectivity index (χ2v) is 7.17. The van der Waals surface area contributed by atoms with Gasteiger partial charge in [-0.25, -0.2) is 5.43 Å². The average Bonchev–Trinajstić information content (AvgIpc) is 3.05. The fraction of sp³-hybridized carbons (Fsp3) is 0.611. The standard InChI is InChI=1S/C18H27ClN4O/c1-2-6-14-12-16(22-21-14)18(24)20-13-7-8-17(15(19)11-13)23-9-4-3-5-10-23/h7-8,11,14,16,21-22H,2-6,9-10,12H2,1H3,(H,20,24). The lowest BCUT2D eigenvalue weighted by atomic mass is 10.1. The molecule has 0 bridgehead atoms. The lowest BCUT2D eigenvalue weighted by Gasteiger charge is -2.29. The van der Waals surface area contributed by atoms with Crippen LogP contribution in [-0.2, 0) is 4.79 Å². The molecule has 1 aromatic carbocycles. The normalized spacial score (nSPS) is 24.2. The summed E-state index contributed by atoms with van der Waals surface area (Å²) in [6.45, 7) is 4.27. The first-order valence-electron chi connectivity index (χ1n) is 9.04. The highest BCUT2D eigenvalue weighted by Crippen LogP contribution is 2.31. The number of benzene rings is 1. The molecule has 0 spiro atoms. The lowest BCUT2D eigenvalue weighted by molar-refractivity contribution is -0.117. The van der Waals surface area contributed by atoms with Gasteiger partial charge >= 0.3 is 0 Å². The van der Waals surface area contributed by atoms with E-state index < -0.39 is 0 Å². The molecule has 2 unspecified atom stereocenters. The van der Waals surface area contributed by atoms with Gasteiger partial charge in [-0.1, -0.05) is 24.9 Å². The number of nitrogens with one attached hydrogen (secondary N) is 3. The number of anilines is 2. The number of rotatable bonds is 5. The highest BCUT2D eigenvalue weighted by Gasteiger charge is 2.28. The maximum absolute atomic E-state index is 12.4. The summed E-state index contributed by atoms with van der Waals surface area (Å²) in [6, 6.07) is 6.00. The second kappa shape index (κ2) is 8.19.